The fourth-order valence-corrected chi connectivity index (χ4v) is 3.54. The Bertz CT molecular complexity index is 798. The number of para-hydroxylation sites is 1. The first-order chi connectivity index (χ1) is 12.9. The van der Waals surface area contributed by atoms with Crippen LogP contribution in [0.1, 0.15) is 35.1 Å². The van der Waals surface area contributed by atoms with Gasteiger partial charge in [-0.1, -0.05) is 30.3 Å². The molecule has 2 rings (SSSR count). The molecule has 0 heterocycles. The van der Waals surface area contributed by atoms with Gasteiger partial charge in [-0.05, 0) is 68.2 Å². The summed E-state index contributed by atoms with van der Waals surface area (Å²) in [6.07, 6.45) is 1.21. The van der Waals surface area contributed by atoms with Crippen LogP contribution in [0.3, 0.4) is 0 Å². The zero-order chi connectivity index (χ0) is 19.8. The molecule has 5 heteroatoms. The first kappa shape index (κ1) is 21.0. The summed E-state index contributed by atoms with van der Waals surface area (Å²) in [6, 6.07) is 11.9. The van der Waals surface area contributed by atoms with E-state index in [1.54, 1.807) is 11.8 Å². The maximum Gasteiger partial charge on any atom is 0.234 e. The van der Waals surface area contributed by atoms with Crippen molar-refractivity contribution in [1.82, 2.24) is 0 Å². The van der Waals surface area contributed by atoms with Gasteiger partial charge in [0, 0.05) is 17.8 Å². The van der Waals surface area contributed by atoms with Gasteiger partial charge >= 0.3 is 0 Å². The van der Waals surface area contributed by atoms with Crippen molar-refractivity contribution < 1.29 is 9.59 Å². The van der Waals surface area contributed by atoms with Gasteiger partial charge in [0.1, 0.15) is 0 Å². The molecular formula is C22H28N2O2S. The maximum absolute atomic E-state index is 12.1. The average Bonchev–Trinajstić information content (AvgIpc) is 2.62. The van der Waals surface area contributed by atoms with Crippen LogP contribution >= 0.6 is 11.8 Å². The summed E-state index contributed by atoms with van der Waals surface area (Å²) < 4.78 is 0. The van der Waals surface area contributed by atoms with Gasteiger partial charge in [0.05, 0.1) is 5.75 Å². The van der Waals surface area contributed by atoms with E-state index in [0.717, 1.165) is 45.8 Å². The van der Waals surface area contributed by atoms with Crippen molar-refractivity contribution in [3.8, 4) is 0 Å². The Morgan fingerprint density at radius 2 is 1.48 bits per heavy atom. The smallest absolute Gasteiger partial charge is 0.234 e. The molecule has 2 aromatic rings. The van der Waals surface area contributed by atoms with Crippen molar-refractivity contribution in [1.29, 1.82) is 0 Å². The van der Waals surface area contributed by atoms with Crippen LogP contribution in [0.5, 0.6) is 0 Å². The number of aryl methyl sites for hydroxylation is 3. The summed E-state index contributed by atoms with van der Waals surface area (Å²) >= 11 is 1.55. The highest BCUT2D eigenvalue weighted by molar-refractivity contribution is 7.99. The highest BCUT2D eigenvalue weighted by atomic mass is 32.2. The van der Waals surface area contributed by atoms with E-state index in [1.165, 1.54) is 0 Å². The molecule has 4 nitrogen and oxygen atoms in total. The lowest BCUT2D eigenvalue weighted by atomic mass is 10.1. The number of carbonyl (C=O) groups is 2. The monoisotopic (exact) mass is 384 g/mol. The summed E-state index contributed by atoms with van der Waals surface area (Å²) in [6.45, 7) is 8.02. The molecule has 2 aromatic carbocycles. The summed E-state index contributed by atoms with van der Waals surface area (Å²) in [4.78, 5) is 24.2. The van der Waals surface area contributed by atoms with E-state index in [2.05, 4.69) is 10.6 Å². The highest BCUT2D eigenvalue weighted by Gasteiger charge is 2.08. The Morgan fingerprint density at radius 3 is 2.19 bits per heavy atom. The van der Waals surface area contributed by atoms with E-state index in [1.807, 2.05) is 64.1 Å². The van der Waals surface area contributed by atoms with Crippen LogP contribution in [-0.4, -0.2) is 23.3 Å². The summed E-state index contributed by atoms with van der Waals surface area (Å²) in [5.74, 6) is 1.19. The lowest BCUT2D eigenvalue weighted by Crippen LogP contribution is -2.16. The molecule has 0 aliphatic heterocycles. The predicted molar refractivity (Wildman–Crippen MR) is 116 cm³/mol. The van der Waals surface area contributed by atoms with Gasteiger partial charge in [-0.2, -0.15) is 11.8 Å². The van der Waals surface area contributed by atoms with Gasteiger partial charge in [0.25, 0.3) is 0 Å². The number of benzene rings is 2. The molecule has 0 radical (unpaired) electrons. The van der Waals surface area contributed by atoms with E-state index >= 15 is 0 Å². The van der Waals surface area contributed by atoms with Gasteiger partial charge in [-0.25, -0.2) is 0 Å². The zero-order valence-electron chi connectivity index (χ0n) is 16.5. The second-order valence-electron chi connectivity index (χ2n) is 6.77. The molecule has 0 unspecified atom stereocenters. The maximum atomic E-state index is 12.1. The molecule has 0 bridgehead atoms. The number of anilines is 2. The second-order valence-corrected chi connectivity index (χ2v) is 7.87. The topological polar surface area (TPSA) is 58.2 Å². The Balaban J connectivity index is 1.67. The first-order valence-corrected chi connectivity index (χ1v) is 10.3. The Labute approximate surface area is 166 Å². The Kier molecular flexibility index (Phi) is 7.92. The van der Waals surface area contributed by atoms with E-state index in [-0.39, 0.29) is 11.8 Å². The molecule has 0 aliphatic carbocycles. The van der Waals surface area contributed by atoms with Gasteiger partial charge in [-0.3, -0.25) is 9.59 Å². The number of thioether (sulfide) groups is 1. The van der Waals surface area contributed by atoms with Crippen molar-refractivity contribution in [2.75, 3.05) is 22.1 Å². The second kappa shape index (κ2) is 10.2. The van der Waals surface area contributed by atoms with Gasteiger partial charge < -0.3 is 10.6 Å². The molecule has 2 N–H and O–H groups in total. The summed E-state index contributed by atoms with van der Waals surface area (Å²) in [5, 5.41) is 5.95. The number of carbonyl (C=O) groups excluding carboxylic acids is 2. The highest BCUT2D eigenvalue weighted by Crippen LogP contribution is 2.20. The minimum Gasteiger partial charge on any atom is -0.326 e. The molecule has 0 saturated carbocycles. The van der Waals surface area contributed by atoms with Gasteiger partial charge in [0.15, 0.2) is 0 Å². The van der Waals surface area contributed by atoms with E-state index in [0.29, 0.717) is 12.2 Å². The van der Waals surface area contributed by atoms with E-state index < -0.39 is 0 Å². The van der Waals surface area contributed by atoms with Crippen LogP contribution in [0.4, 0.5) is 11.4 Å². The molecule has 2 amide bonds. The van der Waals surface area contributed by atoms with Gasteiger partial charge in [-0.15, -0.1) is 0 Å². The average molecular weight is 385 g/mol. The largest absolute Gasteiger partial charge is 0.326 e. The fourth-order valence-electron chi connectivity index (χ4n) is 2.79. The lowest BCUT2D eigenvalue weighted by Gasteiger charge is -2.11. The minimum absolute atomic E-state index is 0.00585. The van der Waals surface area contributed by atoms with Crippen molar-refractivity contribution >= 4 is 35.0 Å². The van der Waals surface area contributed by atoms with E-state index in [9.17, 15) is 9.59 Å². The molecule has 0 atom stereocenters. The zero-order valence-corrected chi connectivity index (χ0v) is 17.3. The minimum atomic E-state index is -0.00585. The Morgan fingerprint density at radius 1 is 0.852 bits per heavy atom. The molecule has 0 saturated heterocycles. The number of amides is 2. The molecule has 0 aliphatic rings. The van der Waals surface area contributed by atoms with Crippen LogP contribution in [0.15, 0.2) is 36.4 Å². The Hall–Kier alpha value is -2.27. The van der Waals surface area contributed by atoms with Crippen LogP contribution in [0.25, 0.3) is 0 Å². The third kappa shape index (κ3) is 6.43. The van der Waals surface area contributed by atoms with E-state index in [4.69, 9.17) is 0 Å². The predicted octanol–water partition coefficient (Wildman–Crippen LogP) is 5.01. The quantitative estimate of drug-likeness (QED) is 0.629. The van der Waals surface area contributed by atoms with Crippen molar-refractivity contribution in [3.05, 3.63) is 58.7 Å². The SMILES string of the molecule is Cc1cccc(NC(=O)CSCCCC(=O)Nc2c(C)cccc2C)c1C. The van der Waals surface area contributed by atoms with Crippen molar-refractivity contribution in [2.24, 2.45) is 0 Å². The van der Waals surface area contributed by atoms with Crippen LogP contribution in [0.2, 0.25) is 0 Å². The van der Waals surface area contributed by atoms with Crippen LogP contribution in [-0.2, 0) is 9.59 Å². The first-order valence-electron chi connectivity index (χ1n) is 9.18. The number of rotatable bonds is 8. The third-order valence-corrected chi connectivity index (χ3v) is 5.59. The van der Waals surface area contributed by atoms with Crippen molar-refractivity contribution in [2.45, 2.75) is 40.5 Å². The molecule has 27 heavy (non-hydrogen) atoms. The van der Waals surface area contributed by atoms with Gasteiger partial charge in [0.2, 0.25) is 11.8 Å². The lowest BCUT2D eigenvalue weighted by molar-refractivity contribution is -0.116. The number of hydrogen-bond acceptors (Lipinski definition) is 3. The number of hydrogen-bond donors (Lipinski definition) is 2. The number of nitrogens with one attached hydrogen (secondary N) is 2. The molecule has 0 aromatic heterocycles. The van der Waals surface area contributed by atoms with Crippen LogP contribution in [0, 0.1) is 27.7 Å². The fraction of sp³-hybridized carbons (Fsp3) is 0.364. The normalized spacial score (nSPS) is 10.5. The molecular weight excluding hydrogens is 356 g/mol. The molecule has 144 valence electrons. The third-order valence-electron chi connectivity index (χ3n) is 4.55. The molecule has 0 fully saturated rings. The van der Waals surface area contributed by atoms with Crippen LogP contribution < -0.4 is 10.6 Å². The standard InChI is InChI=1S/C22H28N2O2S/c1-15-8-6-11-19(18(15)4)23-21(26)14-27-13-7-12-20(25)24-22-16(2)9-5-10-17(22)3/h5-6,8-11H,7,12-14H2,1-4H3,(H,23,26)(H,24,25). The van der Waals surface area contributed by atoms with Crippen molar-refractivity contribution in [3.63, 3.8) is 0 Å². The molecule has 0 spiro atoms. The summed E-state index contributed by atoms with van der Waals surface area (Å²) in [7, 11) is 0. The summed E-state index contributed by atoms with van der Waals surface area (Å²) in [5.41, 5.74) is 6.17.